The van der Waals surface area contributed by atoms with E-state index in [0.29, 0.717) is 16.3 Å². The van der Waals surface area contributed by atoms with Gasteiger partial charge in [0.05, 0.1) is 0 Å². The third-order valence-corrected chi connectivity index (χ3v) is 4.86. The molecule has 2 aromatic carbocycles. The molecule has 0 saturated heterocycles. The van der Waals surface area contributed by atoms with E-state index < -0.39 is 15.9 Å². The monoisotopic (exact) mass is 561 g/mol. The molecule has 2 aromatic rings. The van der Waals surface area contributed by atoms with Crippen LogP contribution in [-0.4, -0.2) is 21.0 Å². The molecule has 0 aliphatic carbocycles. The quantitative estimate of drug-likeness (QED) is 0.203. The number of carbonyl (C=O) groups is 1. The minimum atomic E-state index is -1.83. The third kappa shape index (κ3) is 6.90. The van der Waals surface area contributed by atoms with Crippen LogP contribution in [0.2, 0.25) is 5.02 Å². The third-order valence-electron chi connectivity index (χ3n) is 3.07. The maximum Gasteiger partial charge on any atom is 0.253 e. The van der Waals surface area contributed by atoms with Crippen molar-refractivity contribution in [1.29, 1.82) is 0 Å². The van der Waals surface area contributed by atoms with E-state index in [1.54, 1.807) is 42.5 Å². The lowest BCUT2D eigenvalue weighted by Gasteiger charge is -2.27. The number of rotatable bonds is 4. The Morgan fingerprint density at radius 2 is 1.73 bits per heavy atom. The minimum Gasteiger partial charge on any atom is -0.339 e. The molecule has 1 amide bonds. The number of nitrogens with one attached hydrogen (secondary N) is 3. The number of halogens is 5. The second-order valence-electron chi connectivity index (χ2n) is 5.06. The van der Waals surface area contributed by atoms with Gasteiger partial charge >= 0.3 is 0 Å². The van der Waals surface area contributed by atoms with Gasteiger partial charge in [-0.15, -0.1) is 0 Å². The Morgan fingerprint density at radius 3 is 2.31 bits per heavy atom. The number of benzene rings is 2. The molecule has 0 unspecified atom stereocenters. The minimum absolute atomic E-state index is 0.173. The summed E-state index contributed by atoms with van der Waals surface area (Å²) in [5, 5.41) is 9.12. The van der Waals surface area contributed by atoms with Gasteiger partial charge in [0.1, 0.15) is 6.17 Å². The largest absolute Gasteiger partial charge is 0.339 e. The van der Waals surface area contributed by atoms with Crippen LogP contribution in [0.4, 0.5) is 5.69 Å². The maximum atomic E-state index is 12.4. The van der Waals surface area contributed by atoms with Gasteiger partial charge < -0.3 is 16.0 Å². The molecular weight excluding hydrogens is 551 g/mol. The van der Waals surface area contributed by atoms with Gasteiger partial charge in [0.15, 0.2) is 5.11 Å². The molecule has 3 N–H and O–H groups in total. The van der Waals surface area contributed by atoms with Crippen molar-refractivity contribution in [3.63, 3.8) is 0 Å². The smallest absolute Gasteiger partial charge is 0.253 e. The van der Waals surface area contributed by atoms with Crippen LogP contribution in [0.5, 0.6) is 0 Å². The van der Waals surface area contributed by atoms with E-state index in [1.807, 2.05) is 6.07 Å². The second kappa shape index (κ2) is 9.61. The van der Waals surface area contributed by atoms with E-state index in [-0.39, 0.29) is 5.11 Å². The number of carbonyl (C=O) groups excluding carboxylic acids is 1. The van der Waals surface area contributed by atoms with Crippen molar-refractivity contribution in [2.75, 3.05) is 5.32 Å². The first-order chi connectivity index (χ1) is 12.1. The molecule has 0 radical (unpaired) electrons. The Hall–Kier alpha value is -0.510. The van der Waals surface area contributed by atoms with E-state index in [0.717, 1.165) is 3.57 Å². The number of amides is 1. The summed E-state index contributed by atoms with van der Waals surface area (Å²) in [6, 6.07) is 13.9. The Labute approximate surface area is 190 Å². The zero-order valence-electron chi connectivity index (χ0n) is 12.9. The van der Waals surface area contributed by atoms with Crippen LogP contribution in [0.1, 0.15) is 10.4 Å². The van der Waals surface area contributed by atoms with Crippen LogP contribution < -0.4 is 16.0 Å². The second-order valence-corrected chi connectivity index (χ2v) is 9.52. The summed E-state index contributed by atoms with van der Waals surface area (Å²) in [7, 11) is 0. The standard InChI is InChI=1S/C16H12Cl4IN3OS/c17-10-4-6-12(7-5-10)22-15(26)24-14(16(18,19)20)23-13(25)9-2-1-3-11(21)8-9/h1-8,14H,(H,23,25)(H2,22,24,26)/t14-/m1/s1. The normalized spacial score (nSPS) is 12.2. The van der Waals surface area contributed by atoms with E-state index in [2.05, 4.69) is 38.5 Å². The Balaban J connectivity index is 2.06. The molecule has 0 spiro atoms. The van der Waals surface area contributed by atoms with E-state index in [1.165, 1.54) is 0 Å². The van der Waals surface area contributed by atoms with Gasteiger partial charge in [-0.3, -0.25) is 4.79 Å². The summed E-state index contributed by atoms with van der Waals surface area (Å²) < 4.78 is -0.919. The lowest BCUT2D eigenvalue weighted by atomic mass is 10.2. The van der Waals surface area contributed by atoms with Crippen LogP contribution in [0.15, 0.2) is 48.5 Å². The Kier molecular flexibility index (Phi) is 8.06. The molecule has 138 valence electrons. The van der Waals surface area contributed by atoms with Gasteiger partial charge in [-0.2, -0.15) is 0 Å². The molecule has 0 saturated carbocycles. The first kappa shape index (κ1) is 21.8. The molecule has 0 bridgehead atoms. The van der Waals surface area contributed by atoms with E-state index in [4.69, 9.17) is 58.6 Å². The summed E-state index contributed by atoms with van der Waals surface area (Å²) in [6.07, 6.45) is -1.05. The van der Waals surface area contributed by atoms with Crippen molar-refractivity contribution >= 4 is 97.9 Å². The van der Waals surface area contributed by atoms with Gasteiger partial charge in [-0.25, -0.2) is 0 Å². The molecular formula is C16H12Cl4IN3OS. The van der Waals surface area contributed by atoms with Crippen molar-refractivity contribution in [3.05, 3.63) is 62.7 Å². The van der Waals surface area contributed by atoms with Gasteiger partial charge in [-0.1, -0.05) is 52.5 Å². The fourth-order valence-electron chi connectivity index (χ4n) is 1.88. The zero-order chi connectivity index (χ0) is 19.3. The van der Waals surface area contributed by atoms with E-state index in [9.17, 15) is 4.79 Å². The van der Waals surface area contributed by atoms with Crippen molar-refractivity contribution in [2.24, 2.45) is 0 Å². The highest BCUT2D eigenvalue weighted by molar-refractivity contribution is 14.1. The van der Waals surface area contributed by atoms with Gasteiger partial charge in [0.2, 0.25) is 3.79 Å². The van der Waals surface area contributed by atoms with Gasteiger partial charge in [0.25, 0.3) is 5.91 Å². The average Bonchev–Trinajstić information content (AvgIpc) is 2.55. The zero-order valence-corrected chi connectivity index (χ0v) is 18.9. The summed E-state index contributed by atoms with van der Waals surface area (Å²) in [4.78, 5) is 12.4. The highest BCUT2D eigenvalue weighted by Gasteiger charge is 2.34. The fraction of sp³-hybridized carbons (Fsp3) is 0.125. The summed E-state index contributed by atoms with van der Waals surface area (Å²) in [6.45, 7) is 0. The molecule has 0 aliphatic heterocycles. The molecule has 1 atom stereocenters. The Morgan fingerprint density at radius 1 is 1.08 bits per heavy atom. The number of anilines is 1. The summed E-state index contributed by atoms with van der Waals surface area (Å²) >= 11 is 31.1. The number of thiocarbonyl (C=S) groups is 1. The fourth-order valence-corrected chi connectivity index (χ4v) is 3.11. The predicted molar refractivity (Wildman–Crippen MR) is 122 cm³/mol. The molecule has 10 heteroatoms. The first-order valence-electron chi connectivity index (χ1n) is 7.11. The van der Waals surface area contributed by atoms with Crippen molar-refractivity contribution in [3.8, 4) is 0 Å². The van der Waals surface area contributed by atoms with Crippen molar-refractivity contribution in [1.82, 2.24) is 10.6 Å². The van der Waals surface area contributed by atoms with Crippen molar-refractivity contribution in [2.45, 2.75) is 9.96 Å². The number of hydrogen-bond donors (Lipinski definition) is 3. The van der Waals surface area contributed by atoms with Crippen LogP contribution in [0.3, 0.4) is 0 Å². The molecule has 0 fully saturated rings. The molecule has 26 heavy (non-hydrogen) atoms. The average molecular weight is 563 g/mol. The molecule has 0 aromatic heterocycles. The Bertz CT molecular complexity index is 799. The van der Waals surface area contributed by atoms with Crippen LogP contribution in [0, 0.1) is 3.57 Å². The topological polar surface area (TPSA) is 53.2 Å². The predicted octanol–water partition coefficient (Wildman–Crippen LogP) is 5.36. The van der Waals surface area contributed by atoms with Crippen LogP contribution in [-0.2, 0) is 0 Å². The lowest BCUT2D eigenvalue weighted by molar-refractivity contribution is 0.0934. The lowest BCUT2D eigenvalue weighted by Crippen LogP contribution is -2.56. The summed E-state index contributed by atoms with van der Waals surface area (Å²) in [5.41, 5.74) is 1.13. The van der Waals surface area contributed by atoms with Gasteiger partial charge in [-0.05, 0) is 77.3 Å². The maximum absolute atomic E-state index is 12.4. The highest BCUT2D eigenvalue weighted by atomic mass is 127. The SMILES string of the molecule is O=C(N[C@H](NC(=S)Nc1ccc(Cl)cc1)C(Cl)(Cl)Cl)c1cccc(I)c1. The molecule has 2 rings (SSSR count). The van der Waals surface area contributed by atoms with Crippen LogP contribution in [0.25, 0.3) is 0 Å². The number of alkyl halides is 3. The van der Waals surface area contributed by atoms with Gasteiger partial charge in [0, 0.05) is 19.8 Å². The first-order valence-corrected chi connectivity index (χ1v) is 10.1. The molecule has 0 aliphatic rings. The van der Waals surface area contributed by atoms with E-state index >= 15 is 0 Å². The number of hydrogen-bond acceptors (Lipinski definition) is 2. The van der Waals surface area contributed by atoms with Crippen molar-refractivity contribution < 1.29 is 4.79 Å². The molecule has 4 nitrogen and oxygen atoms in total. The highest BCUT2D eigenvalue weighted by Crippen LogP contribution is 2.29. The molecule has 0 heterocycles. The van der Waals surface area contributed by atoms with Crippen LogP contribution >= 0.6 is 81.2 Å². The summed E-state index contributed by atoms with van der Waals surface area (Å²) in [5.74, 6) is -0.401.